The average molecular weight is 564 g/mol. The van der Waals surface area contributed by atoms with E-state index in [0.717, 1.165) is 39.4 Å². The smallest absolute Gasteiger partial charge is 0.162 e. The van der Waals surface area contributed by atoms with Crippen LogP contribution in [0.1, 0.15) is 0 Å². The summed E-state index contributed by atoms with van der Waals surface area (Å²) in [5.74, 6) is 1.50. The number of aromatic nitrogens is 5. The first-order chi connectivity index (χ1) is 21.8. The quantitative estimate of drug-likeness (QED) is 0.214. The van der Waals surface area contributed by atoms with Gasteiger partial charge in [0.1, 0.15) is 5.82 Å². The Hall–Kier alpha value is -6.07. The maximum absolute atomic E-state index is 5.16. The van der Waals surface area contributed by atoms with Crippen LogP contribution in [0.5, 0.6) is 0 Å². The summed E-state index contributed by atoms with van der Waals surface area (Å²) in [6, 6.07) is 48.8. The summed E-state index contributed by atoms with van der Waals surface area (Å²) >= 11 is 0. The van der Waals surface area contributed by atoms with Gasteiger partial charge in [0.05, 0.1) is 27.8 Å². The first-order valence-corrected chi connectivity index (χ1v) is 14.7. The number of para-hydroxylation sites is 3. The van der Waals surface area contributed by atoms with E-state index in [9.17, 15) is 0 Å². The molecule has 0 radical (unpaired) electrons. The summed E-state index contributed by atoms with van der Waals surface area (Å²) in [6.07, 6.45) is 3.60. The molecule has 0 amide bonds. The summed E-state index contributed by atoms with van der Waals surface area (Å²) in [4.78, 5) is 14.4. The standard InChI is InChI=1S/C39H25N5/c1-2-10-27(11-3-1)39-41-33(26-20-22-40-23-21-26)25-38(42-39)44-36-17-9-6-14-31(36)32-24-28(18-19-37(32)44)43-34-15-7-4-12-29(34)30-13-5-8-16-35(30)43/h1-25H. The van der Waals surface area contributed by atoms with Gasteiger partial charge in [-0.1, -0.05) is 84.9 Å². The molecule has 5 nitrogen and oxygen atoms in total. The Morgan fingerprint density at radius 2 is 0.977 bits per heavy atom. The van der Waals surface area contributed by atoms with Crippen molar-refractivity contribution in [3.05, 3.63) is 152 Å². The van der Waals surface area contributed by atoms with E-state index in [1.54, 1.807) is 12.4 Å². The first kappa shape index (κ1) is 24.5. The van der Waals surface area contributed by atoms with Crippen molar-refractivity contribution in [1.82, 2.24) is 24.1 Å². The Balaban J connectivity index is 1.32. The molecule has 4 aromatic heterocycles. The molecule has 0 aliphatic rings. The van der Waals surface area contributed by atoms with E-state index in [2.05, 4.69) is 123 Å². The minimum atomic E-state index is 0.683. The van der Waals surface area contributed by atoms with Crippen molar-refractivity contribution in [2.24, 2.45) is 0 Å². The fourth-order valence-electron chi connectivity index (χ4n) is 6.48. The van der Waals surface area contributed by atoms with Crippen molar-refractivity contribution in [1.29, 1.82) is 0 Å². The third kappa shape index (κ3) is 3.76. The van der Waals surface area contributed by atoms with Crippen LogP contribution in [-0.2, 0) is 0 Å². The van der Waals surface area contributed by atoms with Gasteiger partial charge < -0.3 is 4.57 Å². The summed E-state index contributed by atoms with van der Waals surface area (Å²) in [6.45, 7) is 0. The van der Waals surface area contributed by atoms with E-state index in [-0.39, 0.29) is 0 Å². The molecule has 0 unspecified atom stereocenters. The molecule has 0 atom stereocenters. The van der Waals surface area contributed by atoms with Crippen molar-refractivity contribution in [2.75, 3.05) is 0 Å². The lowest BCUT2D eigenvalue weighted by Crippen LogP contribution is -2.02. The summed E-state index contributed by atoms with van der Waals surface area (Å²) in [5, 5.41) is 4.85. The molecule has 9 aromatic rings. The lowest BCUT2D eigenvalue weighted by molar-refractivity contribution is 1.05. The zero-order valence-corrected chi connectivity index (χ0v) is 23.7. The second-order valence-electron chi connectivity index (χ2n) is 11.0. The summed E-state index contributed by atoms with van der Waals surface area (Å²) < 4.78 is 4.63. The number of pyridine rings is 1. The van der Waals surface area contributed by atoms with Gasteiger partial charge in [-0.3, -0.25) is 9.55 Å². The van der Waals surface area contributed by atoms with Gasteiger partial charge in [-0.25, -0.2) is 9.97 Å². The average Bonchev–Trinajstić information content (AvgIpc) is 3.61. The zero-order valence-electron chi connectivity index (χ0n) is 23.7. The molecule has 0 aliphatic heterocycles. The van der Waals surface area contributed by atoms with E-state index in [1.807, 2.05) is 30.3 Å². The van der Waals surface area contributed by atoms with Gasteiger partial charge in [0.2, 0.25) is 0 Å². The minimum absolute atomic E-state index is 0.683. The van der Waals surface area contributed by atoms with Crippen LogP contribution in [0.4, 0.5) is 0 Å². The molecular formula is C39H25N5. The van der Waals surface area contributed by atoms with Gasteiger partial charge in [-0.05, 0) is 48.5 Å². The van der Waals surface area contributed by atoms with Crippen molar-refractivity contribution in [3.8, 4) is 34.2 Å². The minimum Gasteiger partial charge on any atom is -0.309 e. The molecule has 0 saturated carbocycles. The van der Waals surface area contributed by atoms with Crippen LogP contribution in [0.15, 0.2) is 152 Å². The van der Waals surface area contributed by atoms with E-state index in [1.165, 1.54) is 32.6 Å². The fraction of sp³-hybridized carbons (Fsp3) is 0. The zero-order chi connectivity index (χ0) is 29.0. The second kappa shape index (κ2) is 9.75. The van der Waals surface area contributed by atoms with Crippen LogP contribution >= 0.6 is 0 Å². The van der Waals surface area contributed by atoms with Crippen LogP contribution in [0.3, 0.4) is 0 Å². The van der Waals surface area contributed by atoms with Crippen LogP contribution in [0.25, 0.3) is 77.8 Å². The third-order valence-corrected chi connectivity index (χ3v) is 8.44. The molecule has 5 heteroatoms. The second-order valence-corrected chi connectivity index (χ2v) is 11.0. The molecule has 9 rings (SSSR count). The van der Waals surface area contributed by atoms with Crippen molar-refractivity contribution < 1.29 is 0 Å². The predicted molar refractivity (Wildman–Crippen MR) is 179 cm³/mol. The third-order valence-electron chi connectivity index (χ3n) is 8.44. The highest BCUT2D eigenvalue weighted by atomic mass is 15.1. The normalized spacial score (nSPS) is 11.6. The summed E-state index contributed by atoms with van der Waals surface area (Å²) in [7, 11) is 0. The van der Waals surface area contributed by atoms with Crippen molar-refractivity contribution in [3.63, 3.8) is 0 Å². The van der Waals surface area contributed by atoms with Crippen LogP contribution < -0.4 is 0 Å². The Bertz CT molecular complexity index is 2380. The molecule has 44 heavy (non-hydrogen) atoms. The predicted octanol–water partition coefficient (Wildman–Crippen LogP) is 9.40. The fourth-order valence-corrected chi connectivity index (χ4v) is 6.48. The molecule has 5 aromatic carbocycles. The number of hydrogen-bond acceptors (Lipinski definition) is 3. The lowest BCUT2D eigenvalue weighted by Gasteiger charge is -2.12. The Morgan fingerprint density at radius 3 is 1.66 bits per heavy atom. The Kier molecular flexibility index (Phi) is 5.43. The molecule has 4 heterocycles. The number of rotatable bonds is 4. The van der Waals surface area contributed by atoms with E-state index in [0.29, 0.717) is 5.82 Å². The molecule has 0 aliphatic carbocycles. The SMILES string of the molecule is c1ccc(-c2nc(-c3ccncc3)cc(-n3c4ccccc4c4cc(-n5c6ccccc6c6ccccc65)ccc43)n2)cc1. The van der Waals surface area contributed by atoms with E-state index < -0.39 is 0 Å². The first-order valence-electron chi connectivity index (χ1n) is 14.7. The highest BCUT2D eigenvalue weighted by Gasteiger charge is 2.18. The van der Waals surface area contributed by atoms with Gasteiger partial charge in [0, 0.05) is 56.8 Å². The number of fused-ring (bicyclic) bond motifs is 6. The topological polar surface area (TPSA) is 48.5 Å². The van der Waals surface area contributed by atoms with E-state index >= 15 is 0 Å². The van der Waals surface area contributed by atoms with Gasteiger partial charge in [0.25, 0.3) is 0 Å². The van der Waals surface area contributed by atoms with Crippen molar-refractivity contribution >= 4 is 43.6 Å². The highest BCUT2D eigenvalue weighted by Crippen LogP contribution is 2.37. The number of hydrogen-bond donors (Lipinski definition) is 0. The molecule has 0 fully saturated rings. The van der Waals surface area contributed by atoms with Crippen LogP contribution in [0, 0.1) is 0 Å². The van der Waals surface area contributed by atoms with E-state index in [4.69, 9.17) is 9.97 Å². The van der Waals surface area contributed by atoms with Gasteiger partial charge >= 0.3 is 0 Å². The Labute approximate surface area is 253 Å². The van der Waals surface area contributed by atoms with Crippen molar-refractivity contribution in [2.45, 2.75) is 0 Å². The largest absolute Gasteiger partial charge is 0.309 e. The van der Waals surface area contributed by atoms with Crippen LogP contribution in [-0.4, -0.2) is 24.1 Å². The molecular weight excluding hydrogens is 538 g/mol. The molecule has 0 saturated heterocycles. The van der Waals surface area contributed by atoms with Crippen LogP contribution in [0.2, 0.25) is 0 Å². The lowest BCUT2D eigenvalue weighted by atomic mass is 10.1. The van der Waals surface area contributed by atoms with Gasteiger partial charge in [-0.15, -0.1) is 0 Å². The highest BCUT2D eigenvalue weighted by molar-refractivity contribution is 6.12. The maximum atomic E-state index is 5.16. The molecule has 0 N–H and O–H groups in total. The monoisotopic (exact) mass is 563 g/mol. The van der Waals surface area contributed by atoms with Gasteiger partial charge in [0.15, 0.2) is 5.82 Å². The maximum Gasteiger partial charge on any atom is 0.162 e. The molecule has 0 bridgehead atoms. The Morgan fingerprint density at radius 1 is 0.409 bits per heavy atom. The number of nitrogens with zero attached hydrogens (tertiary/aromatic N) is 5. The molecule has 206 valence electrons. The number of benzene rings is 5. The van der Waals surface area contributed by atoms with Gasteiger partial charge in [-0.2, -0.15) is 0 Å². The summed E-state index contributed by atoms with van der Waals surface area (Å²) in [5.41, 5.74) is 8.53. The molecule has 0 spiro atoms.